The molecule has 54 heavy (non-hydrogen) atoms. The lowest BCUT2D eigenvalue weighted by Gasteiger charge is -2.10. The normalized spacial score (nSPS) is 14.0. The largest absolute Gasteiger partial charge is 0.456 e. The van der Waals surface area contributed by atoms with Gasteiger partial charge in [-0.05, 0) is 57.9 Å². The molecule has 0 bridgehead atoms. The van der Waals surface area contributed by atoms with Crippen LogP contribution in [-0.2, 0) is 0 Å². The number of hydrogen-bond acceptors (Lipinski definition) is 5. The van der Waals surface area contributed by atoms with Gasteiger partial charge in [0.1, 0.15) is 22.3 Å². The number of rotatable bonds is 5. The Balaban J connectivity index is 1.07. The minimum Gasteiger partial charge on any atom is -0.456 e. The van der Waals surface area contributed by atoms with E-state index >= 15 is 0 Å². The molecule has 0 atom stereocenters. The van der Waals surface area contributed by atoms with E-state index in [4.69, 9.17) is 36.1 Å². The van der Waals surface area contributed by atoms with Crippen molar-refractivity contribution in [2.45, 2.75) is 0 Å². The van der Waals surface area contributed by atoms with Crippen LogP contribution in [0.2, 0.25) is 0 Å². The van der Waals surface area contributed by atoms with Gasteiger partial charge in [0.2, 0.25) is 0 Å². The number of benzene rings is 8. The molecule has 11 rings (SSSR count). The molecule has 3 heterocycles. The third kappa shape index (κ3) is 4.90. The van der Waals surface area contributed by atoms with Crippen molar-refractivity contribution in [3.63, 3.8) is 0 Å². The minimum atomic E-state index is -0.550. The van der Waals surface area contributed by atoms with Crippen molar-refractivity contribution in [3.05, 3.63) is 176 Å². The molecule has 0 N–H and O–H groups in total. The van der Waals surface area contributed by atoms with Gasteiger partial charge >= 0.3 is 0 Å². The first kappa shape index (κ1) is 22.5. The average molecular weight is 701 g/mol. The lowest BCUT2D eigenvalue weighted by Crippen LogP contribution is -2.00. The highest BCUT2D eigenvalue weighted by molar-refractivity contribution is 6.19. The van der Waals surface area contributed by atoms with Gasteiger partial charge in [0.15, 0.2) is 17.5 Å². The number of hydrogen-bond donors (Lipinski definition) is 0. The van der Waals surface area contributed by atoms with Crippen molar-refractivity contribution in [2.24, 2.45) is 0 Å². The molecular formula is C49H29N3O2. The summed E-state index contributed by atoms with van der Waals surface area (Å²) < 4.78 is 90.9. The number of aromatic nitrogens is 3. The monoisotopic (exact) mass is 700 g/mol. The van der Waals surface area contributed by atoms with Gasteiger partial charge in [0.25, 0.3) is 0 Å². The molecular weight excluding hydrogens is 663 g/mol. The van der Waals surface area contributed by atoms with Crippen LogP contribution in [-0.4, -0.2) is 15.0 Å². The molecule has 0 spiro atoms. The third-order valence-corrected chi connectivity index (χ3v) is 9.69. The summed E-state index contributed by atoms with van der Waals surface area (Å²) in [5, 5.41) is 1.82. The summed E-state index contributed by atoms with van der Waals surface area (Å²) in [5.41, 5.74) is 6.04. The first-order valence-corrected chi connectivity index (χ1v) is 17.3. The van der Waals surface area contributed by atoms with Crippen molar-refractivity contribution in [2.75, 3.05) is 0 Å². The Bertz CT molecular complexity index is 3720. The maximum absolute atomic E-state index is 9.09. The van der Waals surface area contributed by atoms with Gasteiger partial charge in [-0.1, -0.05) is 145 Å². The van der Waals surface area contributed by atoms with Crippen molar-refractivity contribution in [1.82, 2.24) is 15.0 Å². The highest BCUT2D eigenvalue weighted by Gasteiger charge is 2.18. The van der Waals surface area contributed by atoms with Crippen LogP contribution >= 0.6 is 0 Å². The van der Waals surface area contributed by atoms with Crippen molar-refractivity contribution in [3.8, 4) is 56.4 Å². The zero-order valence-corrected chi connectivity index (χ0v) is 28.2. The van der Waals surface area contributed by atoms with Crippen LogP contribution in [0.1, 0.15) is 12.3 Å². The molecule has 0 aliphatic rings. The fraction of sp³-hybridized carbons (Fsp3) is 0. The summed E-state index contributed by atoms with van der Waals surface area (Å²) in [6.45, 7) is 0. The summed E-state index contributed by atoms with van der Waals surface area (Å²) in [7, 11) is 0. The zero-order chi connectivity index (χ0) is 43.4. The Kier molecular flexibility index (Phi) is 5.06. The molecule has 0 aliphatic carbocycles. The number of nitrogens with zero attached hydrogens (tertiary/aromatic N) is 3. The maximum Gasteiger partial charge on any atom is 0.164 e. The van der Waals surface area contributed by atoms with Crippen molar-refractivity contribution in [1.29, 1.82) is 0 Å². The fourth-order valence-electron chi connectivity index (χ4n) is 7.14. The highest BCUT2D eigenvalue weighted by Crippen LogP contribution is 2.41. The molecule has 8 aromatic carbocycles. The Hall–Kier alpha value is -7.37. The Morgan fingerprint density at radius 1 is 0.389 bits per heavy atom. The van der Waals surface area contributed by atoms with Crippen LogP contribution in [0.15, 0.2) is 185 Å². The lowest BCUT2D eigenvalue weighted by atomic mass is 9.97. The van der Waals surface area contributed by atoms with Gasteiger partial charge < -0.3 is 8.83 Å². The fourth-order valence-corrected chi connectivity index (χ4v) is 7.14. The number of furan rings is 2. The predicted octanol–water partition coefficient (Wildman–Crippen LogP) is 13.2. The molecule has 252 valence electrons. The molecule has 0 aliphatic heterocycles. The van der Waals surface area contributed by atoms with Crippen LogP contribution in [0.5, 0.6) is 0 Å². The van der Waals surface area contributed by atoms with E-state index in [1.807, 2.05) is 78.9 Å². The smallest absolute Gasteiger partial charge is 0.164 e. The molecule has 0 radical (unpaired) electrons. The van der Waals surface area contributed by atoms with Gasteiger partial charge in [-0.25, -0.2) is 15.0 Å². The number of fused-ring (bicyclic) bond motifs is 8. The summed E-state index contributed by atoms with van der Waals surface area (Å²) in [4.78, 5) is 14.8. The first-order chi connectivity index (χ1) is 30.5. The topological polar surface area (TPSA) is 65.0 Å². The standard InChI is InChI=1S/C49H29N3O2/c1-3-11-30(12-4-1)36-17-9-19-41-44(36)39-27-26-35(29-43(39)53-41)49-51-47(33-14-5-2-6-15-33)50-48(52-49)34-23-21-32(22-24-34)37-18-10-20-42-45(37)40-28-25-31-13-7-8-16-38(31)46(40)54-42/h1-29H/i7D,8D,10D,13D,16D,18D,20D,25D,28D. The van der Waals surface area contributed by atoms with E-state index < -0.39 is 42.3 Å². The van der Waals surface area contributed by atoms with E-state index in [0.717, 1.165) is 33.0 Å². The predicted molar refractivity (Wildman–Crippen MR) is 219 cm³/mol. The van der Waals surface area contributed by atoms with E-state index in [1.165, 1.54) is 0 Å². The molecule has 0 saturated heterocycles. The van der Waals surface area contributed by atoms with Crippen molar-refractivity contribution < 1.29 is 21.2 Å². The Morgan fingerprint density at radius 3 is 1.83 bits per heavy atom. The van der Waals surface area contributed by atoms with Gasteiger partial charge in [-0.15, -0.1) is 0 Å². The molecule has 11 aromatic rings. The van der Waals surface area contributed by atoms with Gasteiger partial charge in [-0.2, -0.15) is 0 Å². The second-order valence-electron chi connectivity index (χ2n) is 12.9. The minimum absolute atomic E-state index is 0.0148. The summed E-state index contributed by atoms with van der Waals surface area (Å²) in [6.07, 6.45) is 0. The second-order valence-corrected chi connectivity index (χ2v) is 12.9. The van der Waals surface area contributed by atoms with E-state index in [0.29, 0.717) is 39.7 Å². The SMILES string of the molecule is [2H]c1c([2H])c(-c2ccc(-c3nc(-c4ccccc4)nc(-c4ccc5c(c4)oc4cccc(-c6ccccc6)c45)n3)cc2)c2c(oc3c4c([2H])c([2H])c([2H])c([2H])c4c([2H])c([2H])c32)c1[2H]. The van der Waals surface area contributed by atoms with Gasteiger partial charge in [0, 0.05) is 43.6 Å². The molecule has 0 saturated carbocycles. The Morgan fingerprint density at radius 2 is 1.04 bits per heavy atom. The molecule has 3 aromatic heterocycles. The average Bonchev–Trinajstić information content (AvgIpc) is 3.90. The molecule has 5 nitrogen and oxygen atoms in total. The third-order valence-electron chi connectivity index (χ3n) is 9.69. The van der Waals surface area contributed by atoms with Crippen LogP contribution in [0, 0.1) is 0 Å². The summed E-state index contributed by atoms with van der Waals surface area (Å²) in [6, 6.07) is 34.6. The molecule has 0 amide bonds. The quantitative estimate of drug-likeness (QED) is 0.179. The van der Waals surface area contributed by atoms with Gasteiger partial charge in [-0.3, -0.25) is 0 Å². The zero-order valence-electron chi connectivity index (χ0n) is 37.2. The summed E-state index contributed by atoms with van der Waals surface area (Å²) in [5.74, 6) is 1.22. The lowest BCUT2D eigenvalue weighted by molar-refractivity contribution is 0.669. The van der Waals surface area contributed by atoms with Crippen molar-refractivity contribution >= 4 is 54.6 Å². The summed E-state index contributed by atoms with van der Waals surface area (Å²) >= 11 is 0. The molecule has 0 unspecified atom stereocenters. The van der Waals surface area contributed by atoms with Crippen LogP contribution in [0.4, 0.5) is 0 Å². The first-order valence-electron chi connectivity index (χ1n) is 21.8. The van der Waals surface area contributed by atoms with E-state index in [9.17, 15) is 0 Å². The van der Waals surface area contributed by atoms with Crippen LogP contribution < -0.4 is 0 Å². The van der Waals surface area contributed by atoms with E-state index in [2.05, 4.69) is 18.2 Å². The highest BCUT2D eigenvalue weighted by atomic mass is 16.3. The second kappa shape index (κ2) is 12.1. The van der Waals surface area contributed by atoms with Crippen LogP contribution in [0.3, 0.4) is 0 Å². The van der Waals surface area contributed by atoms with E-state index in [-0.39, 0.29) is 50.4 Å². The van der Waals surface area contributed by atoms with Gasteiger partial charge in [0.05, 0.1) is 12.3 Å². The van der Waals surface area contributed by atoms with E-state index in [1.54, 1.807) is 24.3 Å². The van der Waals surface area contributed by atoms with Crippen LogP contribution in [0.25, 0.3) is 111 Å². The molecule has 5 heteroatoms. The maximum atomic E-state index is 9.09. The Labute approximate surface area is 322 Å². The molecule has 0 fully saturated rings.